The number of hydrogen-bond donors (Lipinski definition) is 0. The molecule has 1 aliphatic heterocycles. The van der Waals surface area contributed by atoms with Crippen LogP contribution in [0.5, 0.6) is 11.5 Å². The third kappa shape index (κ3) is 8.63. The van der Waals surface area contributed by atoms with E-state index in [4.69, 9.17) is 13.8 Å². The summed E-state index contributed by atoms with van der Waals surface area (Å²) < 4.78 is 58.9. The third-order valence-electron chi connectivity index (χ3n) is 16.2. The molecule has 400 valence electrons. The number of benzene rings is 11. The Bertz CT molecular complexity index is 4960. The van der Waals surface area contributed by atoms with Crippen molar-refractivity contribution in [2.45, 2.75) is 26.2 Å². The van der Waals surface area contributed by atoms with Gasteiger partial charge in [0.1, 0.15) is 5.82 Å². The van der Waals surface area contributed by atoms with Gasteiger partial charge in [-0.2, -0.15) is 18.2 Å². The summed E-state index contributed by atoms with van der Waals surface area (Å²) in [6.07, 6.45) is 5.70. The van der Waals surface area contributed by atoms with Crippen LogP contribution in [0.15, 0.2) is 273 Å². The summed E-state index contributed by atoms with van der Waals surface area (Å²) in [6.45, 7) is 6.61. The van der Waals surface area contributed by atoms with Crippen LogP contribution in [0, 0.1) is 18.5 Å². The quantitative estimate of drug-likeness (QED) is 0.0625. The fourth-order valence-electron chi connectivity index (χ4n) is 12.5. The van der Waals surface area contributed by atoms with E-state index >= 15 is 0 Å². The largest absolute Gasteiger partial charge is 0.510 e. The molecule has 3 aromatic heterocycles. The summed E-state index contributed by atoms with van der Waals surface area (Å²) in [5.74, 6) is 1.74. The van der Waals surface area contributed by atoms with Crippen molar-refractivity contribution in [1.82, 2.24) is 14.1 Å². The fourth-order valence-corrected chi connectivity index (χ4v) is 17.2. The molecule has 15 rings (SSSR count). The number of para-hydroxylation sites is 3. The Morgan fingerprint density at radius 3 is 1.81 bits per heavy atom. The van der Waals surface area contributed by atoms with Crippen molar-refractivity contribution in [3.63, 3.8) is 0 Å². The number of fused-ring (bicyclic) bond motifs is 10. The zero-order chi connectivity index (χ0) is 59.3. The Hall–Kier alpha value is -9.45. The van der Waals surface area contributed by atoms with Crippen molar-refractivity contribution in [3.8, 4) is 73.2 Å². The number of hydrogen-bond acceptors (Lipinski definition) is 2. The van der Waals surface area contributed by atoms with Gasteiger partial charge in [0.25, 0.3) is 6.33 Å². The van der Waals surface area contributed by atoms with Gasteiger partial charge in [0.2, 0.25) is 0 Å². The predicted octanol–water partition coefficient (Wildman–Crippen LogP) is 15.2. The van der Waals surface area contributed by atoms with Crippen molar-refractivity contribution >= 4 is 61.7 Å². The van der Waals surface area contributed by atoms with Crippen LogP contribution in [0.2, 0.25) is 0 Å². The van der Waals surface area contributed by atoms with E-state index in [0.717, 1.165) is 77.2 Å². The van der Waals surface area contributed by atoms with Gasteiger partial charge in [-0.1, -0.05) is 245 Å². The van der Waals surface area contributed by atoms with Gasteiger partial charge in [0.05, 0.1) is 23.6 Å². The van der Waals surface area contributed by atoms with Crippen LogP contribution in [0.1, 0.15) is 33.2 Å². The zero-order valence-corrected chi connectivity index (χ0v) is 48.9. The molecule has 0 fully saturated rings. The maximum Gasteiger partial charge on any atom is 0.268 e. The number of nitrogens with zero attached hydrogens (tertiary/aromatic N) is 4. The fraction of sp³-hybridized carbons (Fsp3) is 0.0526. The summed E-state index contributed by atoms with van der Waals surface area (Å²) in [7, 11) is -3.14. The molecule has 0 spiro atoms. The first-order valence-electron chi connectivity index (χ1n) is 30.1. The summed E-state index contributed by atoms with van der Waals surface area (Å²) in [4.78, 5) is 4.89. The van der Waals surface area contributed by atoms with Crippen molar-refractivity contribution in [1.29, 1.82) is 0 Å². The molecule has 0 N–H and O–H groups in total. The van der Waals surface area contributed by atoms with Crippen molar-refractivity contribution in [2.75, 3.05) is 0 Å². The van der Waals surface area contributed by atoms with Crippen LogP contribution in [-0.2, 0) is 26.5 Å². The van der Waals surface area contributed by atoms with Gasteiger partial charge in [-0.05, 0) is 106 Å². The number of pyridine rings is 1. The average Bonchev–Trinajstić information content (AvgIpc) is 1.38. The second-order valence-corrected chi connectivity index (χ2v) is 25.7. The smallest absolute Gasteiger partial charge is 0.268 e. The number of aromatic nitrogens is 4. The van der Waals surface area contributed by atoms with Gasteiger partial charge >= 0.3 is 0 Å². The monoisotopic (exact) mass is 1270 g/mol. The molecule has 0 unspecified atom stereocenters. The number of imidazole rings is 1. The zero-order valence-electron chi connectivity index (χ0n) is 50.6. The first-order chi connectivity index (χ1) is 42.4. The Labute approximate surface area is 506 Å². The van der Waals surface area contributed by atoms with E-state index in [2.05, 4.69) is 238 Å². The molecule has 14 aromatic rings. The molecule has 0 saturated carbocycles. The van der Waals surface area contributed by atoms with Crippen molar-refractivity contribution in [3.05, 3.63) is 297 Å². The summed E-state index contributed by atoms with van der Waals surface area (Å²) in [5, 5.41) is 6.90. The molecule has 0 aliphatic carbocycles. The minimum Gasteiger partial charge on any atom is -0.510 e. The normalized spacial score (nSPS) is 12.8. The maximum absolute atomic E-state index is 9.57. The second kappa shape index (κ2) is 20.8. The molecular weight excluding hydrogens is 1210 g/mol. The van der Waals surface area contributed by atoms with Crippen LogP contribution in [-0.4, -0.2) is 22.2 Å². The van der Waals surface area contributed by atoms with Gasteiger partial charge in [0, 0.05) is 44.3 Å². The third-order valence-corrected chi connectivity index (χ3v) is 21.0. The first kappa shape index (κ1) is 46.2. The topological polar surface area (TPSA) is 35.9 Å². The Kier molecular flexibility index (Phi) is 11.6. The van der Waals surface area contributed by atoms with Gasteiger partial charge in [-0.15, -0.1) is 29.7 Å². The van der Waals surface area contributed by atoms with Crippen LogP contribution < -0.4 is 30.1 Å². The molecule has 0 bridgehead atoms. The Morgan fingerprint density at radius 1 is 0.494 bits per heavy atom. The second-order valence-electron chi connectivity index (χ2n) is 21.9. The van der Waals surface area contributed by atoms with Crippen LogP contribution in [0.3, 0.4) is 0 Å². The molecule has 83 heavy (non-hydrogen) atoms. The summed E-state index contributed by atoms with van der Waals surface area (Å²) in [6, 6.07) is 87.8. The van der Waals surface area contributed by atoms with Crippen LogP contribution in [0.25, 0.3) is 94.5 Å². The van der Waals surface area contributed by atoms with Gasteiger partial charge in [-0.3, -0.25) is 4.57 Å². The van der Waals surface area contributed by atoms with Gasteiger partial charge in [0.15, 0.2) is 8.07 Å². The molecule has 4 heterocycles. The van der Waals surface area contributed by atoms with E-state index in [-0.39, 0.29) is 44.1 Å². The molecule has 1 aliphatic rings. The minimum absolute atomic E-state index is 0. The van der Waals surface area contributed by atoms with Crippen molar-refractivity contribution in [2.24, 2.45) is 0 Å². The van der Waals surface area contributed by atoms with Crippen LogP contribution in [0.4, 0.5) is 0 Å². The first-order valence-corrected chi connectivity index (χ1v) is 29.6. The Morgan fingerprint density at radius 2 is 1.08 bits per heavy atom. The minimum atomic E-state index is -3.14. The molecule has 0 amide bonds. The number of ether oxygens (including phenoxy) is 1. The van der Waals surface area contributed by atoms with Crippen LogP contribution >= 0.6 is 0 Å². The number of rotatable bonds is 9. The predicted molar refractivity (Wildman–Crippen MR) is 338 cm³/mol. The molecule has 0 saturated heterocycles. The SMILES string of the molecule is [2H]c1c([2H])c([2H])c(-c2cccc3c2-[n+]2[c-]n(-c4[c-]c(Oc5[c-]c6c(cc5)c5ccccc5n6-c5cc(C(C)(C)C)ccn5)ccc4)c4cccc(c42)-c2ccccc2-c2ccc([Si](c4ccccc4)(c4ccccc4)c4ccccc4)cc2-3)c([2H])c1[2H].[Pt]. The molecule has 5 nitrogen and oxygen atoms in total. The average molecular weight is 1270 g/mol. The molecule has 0 radical (unpaired) electrons. The van der Waals surface area contributed by atoms with E-state index in [0.29, 0.717) is 28.4 Å². The van der Waals surface area contributed by atoms with E-state index < -0.39 is 26.2 Å². The molecule has 11 aromatic carbocycles. The Balaban J connectivity index is 0.00000680. The molecule has 0 atom stereocenters. The van der Waals surface area contributed by atoms with Gasteiger partial charge in [-0.25, -0.2) is 4.98 Å². The van der Waals surface area contributed by atoms with E-state index in [1.165, 1.54) is 21.1 Å². The maximum atomic E-state index is 9.57. The van der Waals surface area contributed by atoms with E-state index in [1.807, 2.05) is 57.8 Å². The van der Waals surface area contributed by atoms with Crippen molar-refractivity contribution < 1.29 is 37.2 Å². The summed E-state index contributed by atoms with van der Waals surface area (Å²) >= 11 is 0. The van der Waals surface area contributed by atoms with E-state index in [9.17, 15) is 2.74 Å². The standard InChI is InChI=1S/C76H54N4OSi.Pt/c1-76(2,3)53-45-46-77-73(47-53)80-70-39-19-18-35-65(70)66-43-41-56(49-72(66)80)81-55-26-20-25-54(48-55)78-51-79-74-61(52-23-8-4-9-24-52)36-21-37-68(74)69-50-60(42-44-64(69)62-33-16-17-34-63(62)67-38-22-40-71(78)75(67)79)82(57-27-10-5-11-28-57,58-29-12-6-13-30-58)59-31-14-7-15-32-59;/h4-47,50H,1-3H3;/q-2;/i4D,8D,9D,23D,24D;. The van der Waals surface area contributed by atoms with Gasteiger partial charge < -0.3 is 13.9 Å². The molecular formula is C76H54N4OPtSi-2. The van der Waals surface area contributed by atoms with E-state index in [1.54, 1.807) is 0 Å². The molecule has 7 heteroatoms. The summed E-state index contributed by atoms with van der Waals surface area (Å²) in [5.41, 5.74) is 11.8.